The van der Waals surface area contributed by atoms with Crippen LogP contribution in [0.5, 0.6) is 0 Å². The number of benzene rings is 1. The standard InChI is InChI=1S/C13H12F3N3OS2/c14-13(15,16)8-2-1-3-9(6-8)18-11(20)19-12-17-7-10(22-12)4-5-21/h1-3,6-7,21H,4-5H2,(H2,17,18,19,20). The van der Waals surface area contributed by atoms with E-state index in [0.29, 0.717) is 10.9 Å². The van der Waals surface area contributed by atoms with Crippen LogP contribution in [0.3, 0.4) is 0 Å². The summed E-state index contributed by atoms with van der Waals surface area (Å²) in [5.41, 5.74) is -0.768. The molecule has 0 radical (unpaired) electrons. The van der Waals surface area contributed by atoms with Crippen molar-refractivity contribution in [3.05, 3.63) is 40.9 Å². The van der Waals surface area contributed by atoms with Crippen LogP contribution in [-0.2, 0) is 12.6 Å². The normalized spacial score (nSPS) is 11.3. The molecule has 1 aromatic carbocycles. The number of nitrogens with one attached hydrogen (secondary N) is 2. The van der Waals surface area contributed by atoms with Gasteiger partial charge in [0, 0.05) is 16.8 Å². The highest BCUT2D eigenvalue weighted by molar-refractivity contribution is 7.80. The maximum atomic E-state index is 12.6. The molecule has 0 atom stereocenters. The molecule has 2 rings (SSSR count). The third-order valence-corrected chi connectivity index (χ3v) is 3.78. The predicted molar refractivity (Wildman–Crippen MR) is 83.8 cm³/mol. The molecule has 2 N–H and O–H groups in total. The van der Waals surface area contributed by atoms with Crippen LogP contribution in [0.2, 0.25) is 0 Å². The first kappa shape index (κ1) is 16.6. The number of hydrogen-bond donors (Lipinski definition) is 3. The minimum atomic E-state index is -4.45. The second-order valence-electron chi connectivity index (χ2n) is 4.26. The van der Waals surface area contributed by atoms with Gasteiger partial charge in [0.05, 0.1) is 5.56 Å². The van der Waals surface area contributed by atoms with Crippen molar-refractivity contribution >= 4 is 40.8 Å². The van der Waals surface area contributed by atoms with E-state index in [1.165, 1.54) is 23.5 Å². The number of aromatic nitrogens is 1. The van der Waals surface area contributed by atoms with Crippen LogP contribution in [0.4, 0.5) is 28.8 Å². The van der Waals surface area contributed by atoms with E-state index >= 15 is 0 Å². The number of halogens is 3. The minimum Gasteiger partial charge on any atom is -0.308 e. The van der Waals surface area contributed by atoms with Gasteiger partial charge >= 0.3 is 12.2 Å². The summed E-state index contributed by atoms with van der Waals surface area (Å²) < 4.78 is 37.8. The van der Waals surface area contributed by atoms with Crippen molar-refractivity contribution in [1.82, 2.24) is 4.98 Å². The van der Waals surface area contributed by atoms with Crippen LogP contribution in [-0.4, -0.2) is 16.8 Å². The number of urea groups is 1. The number of aryl methyl sites for hydroxylation is 1. The van der Waals surface area contributed by atoms with E-state index in [1.54, 1.807) is 6.20 Å². The zero-order valence-electron chi connectivity index (χ0n) is 11.1. The molecule has 4 nitrogen and oxygen atoms in total. The summed E-state index contributed by atoms with van der Waals surface area (Å²) in [4.78, 5) is 16.7. The Morgan fingerprint density at radius 2 is 2.09 bits per heavy atom. The SMILES string of the molecule is O=C(Nc1cccc(C(F)(F)F)c1)Nc1ncc(CCS)s1. The van der Waals surface area contributed by atoms with Crippen molar-refractivity contribution in [2.75, 3.05) is 16.4 Å². The van der Waals surface area contributed by atoms with E-state index in [-0.39, 0.29) is 5.69 Å². The lowest BCUT2D eigenvalue weighted by Crippen LogP contribution is -2.19. The number of alkyl halides is 3. The predicted octanol–water partition coefficient (Wildman–Crippen LogP) is 4.28. The third-order valence-electron chi connectivity index (χ3n) is 2.58. The molecule has 1 aromatic heterocycles. The van der Waals surface area contributed by atoms with Crippen LogP contribution in [0.1, 0.15) is 10.4 Å². The maximum absolute atomic E-state index is 12.6. The van der Waals surface area contributed by atoms with Gasteiger partial charge in [-0.1, -0.05) is 6.07 Å². The van der Waals surface area contributed by atoms with Gasteiger partial charge in [0.2, 0.25) is 0 Å². The van der Waals surface area contributed by atoms with Crippen molar-refractivity contribution in [3.8, 4) is 0 Å². The third kappa shape index (κ3) is 4.63. The minimum absolute atomic E-state index is 0.0551. The first-order valence-electron chi connectivity index (χ1n) is 6.19. The second-order valence-corrected chi connectivity index (χ2v) is 5.83. The molecular weight excluding hydrogens is 335 g/mol. The lowest BCUT2D eigenvalue weighted by Gasteiger charge is -2.09. The molecular formula is C13H12F3N3OS2. The molecule has 118 valence electrons. The highest BCUT2D eigenvalue weighted by Gasteiger charge is 2.30. The van der Waals surface area contributed by atoms with E-state index in [4.69, 9.17) is 0 Å². The number of rotatable bonds is 4. The van der Waals surface area contributed by atoms with Crippen LogP contribution in [0, 0.1) is 0 Å². The lowest BCUT2D eigenvalue weighted by molar-refractivity contribution is -0.137. The largest absolute Gasteiger partial charge is 0.416 e. The Hall–Kier alpha value is -1.74. The van der Waals surface area contributed by atoms with Crippen LogP contribution in [0.15, 0.2) is 30.5 Å². The molecule has 0 aliphatic carbocycles. The van der Waals surface area contributed by atoms with Gasteiger partial charge in [-0.05, 0) is 30.4 Å². The fourth-order valence-electron chi connectivity index (χ4n) is 1.62. The molecule has 0 aliphatic rings. The fraction of sp³-hybridized carbons (Fsp3) is 0.231. The Morgan fingerprint density at radius 3 is 2.77 bits per heavy atom. The number of anilines is 2. The van der Waals surface area contributed by atoms with E-state index in [0.717, 1.165) is 23.4 Å². The van der Waals surface area contributed by atoms with Crippen LogP contribution < -0.4 is 10.6 Å². The smallest absolute Gasteiger partial charge is 0.308 e. The molecule has 0 fully saturated rings. The average Bonchev–Trinajstić information content (AvgIpc) is 2.85. The first-order chi connectivity index (χ1) is 10.4. The highest BCUT2D eigenvalue weighted by Crippen LogP contribution is 2.30. The van der Waals surface area contributed by atoms with E-state index in [9.17, 15) is 18.0 Å². The maximum Gasteiger partial charge on any atom is 0.416 e. The average molecular weight is 347 g/mol. The molecule has 0 unspecified atom stereocenters. The molecule has 2 aromatic rings. The van der Waals surface area contributed by atoms with Crippen molar-refractivity contribution < 1.29 is 18.0 Å². The van der Waals surface area contributed by atoms with Gasteiger partial charge in [0.25, 0.3) is 0 Å². The molecule has 0 aliphatic heterocycles. The number of thiol groups is 1. The number of hydrogen-bond acceptors (Lipinski definition) is 4. The summed E-state index contributed by atoms with van der Waals surface area (Å²) in [6.07, 6.45) is -2.09. The number of carbonyl (C=O) groups excluding carboxylic acids is 1. The van der Waals surface area contributed by atoms with Gasteiger partial charge in [-0.25, -0.2) is 9.78 Å². The molecule has 1 heterocycles. The summed E-state index contributed by atoms with van der Waals surface area (Å²) in [6, 6.07) is 3.77. The van der Waals surface area contributed by atoms with Crippen molar-refractivity contribution in [2.24, 2.45) is 0 Å². The lowest BCUT2D eigenvalue weighted by atomic mass is 10.2. The number of carbonyl (C=O) groups is 1. The Kier molecular flexibility index (Phi) is 5.30. The summed E-state index contributed by atoms with van der Waals surface area (Å²) in [6.45, 7) is 0. The van der Waals surface area contributed by atoms with Gasteiger partial charge in [-0.15, -0.1) is 11.3 Å². The van der Waals surface area contributed by atoms with Crippen molar-refractivity contribution in [3.63, 3.8) is 0 Å². The fourth-order valence-corrected chi connectivity index (χ4v) is 2.82. The molecule has 2 amide bonds. The van der Waals surface area contributed by atoms with Gasteiger partial charge in [0.1, 0.15) is 0 Å². The second kappa shape index (κ2) is 7.01. The van der Waals surface area contributed by atoms with Crippen LogP contribution >= 0.6 is 24.0 Å². The Balaban J connectivity index is 1.99. The van der Waals surface area contributed by atoms with Crippen molar-refractivity contribution in [1.29, 1.82) is 0 Å². The molecule has 0 saturated heterocycles. The van der Waals surface area contributed by atoms with Gasteiger partial charge in [-0.3, -0.25) is 5.32 Å². The van der Waals surface area contributed by atoms with E-state index in [1.807, 2.05) is 0 Å². The molecule has 0 spiro atoms. The molecule has 0 bridgehead atoms. The topological polar surface area (TPSA) is 54.0 Å². The Morgan fingerprint density at radius 1 is 1.32 bits per heavy atom. The van der Waals surface area contributed by atoms with Gasteiger partial charge in [0.15, 0.2) is 5.13 Å². The zero-order chi connectivity index (χ0) is 16.2. The molecule has 22 heavy (non-hydrogen) atoms. The summed E-state index contributed by atoms with van der Waals surface area (Å²) in [5.74, 6) is 0.665. The number of thiazole rings is 1. The molecule has 0 saturated carbocycles. The van der Waals surface area contributed by atoms with E-state index < -0.39 is 17.8 Å². The van der Waals surface area contributed by atoms with Crippen LogP contribution in [0.25, 0.3) is 0 Å². The quantitative estimate of drug-likeness (QED) is 0.723. The Labute approximate surface area is 134 Å². The summed E-state index contributed by atoms with van der Waals surface area (Å²) >= 11 is 5.39. The first-order valence-corrected chi connectivity index (χ1v) is 7.64. The summed E-state index contributed by atoms with van der Waals surface area (Å²) in [7, 11) is 0. The Bertz CT molecular complexity index is 658. The van der Waals surface area contributed by atoms with Crippen molar-refractivity contribution in [2.45, 2.75) is 12.6 Å². The molecule has 9 heteroatoms. The van der Waals surface area contributed by atoms with Gasteiger partial charge < -0.3 is 5.32 Å². The number of amides is 2. The number of nitrogens with zero attached hydrogens (tertiary/aromatic N) is 1. The monoisotopic (exact) mass is 347 g/mol. The highest BCUT2D eigenvalue weighted by atomic mass is 32.1. The van der Waals surface area contributed by atoms with E-state index in [2.05, 4.69) is 28.2 Å². The summed E-state index contributed by atoms with van der Waals surface area (Å²) in [5, 5.41) is 5.20. The zero-order valence-corrected chi connectivity index (χ0v) is 12.9. The van der Waals surface area contributed by atoms with Gasteiger partial charge in [-0.2, -0.15) is 25.8 Å².